The summed E-state index contributed by atoms with van der Waals surface area (Å²) >= 11 is 0. The highest BCUT2D eigenvalue weighted by atomic mass is 16.2. The van der Waals surface area contributed by atoms with Crippen LogP contribution >= 0.6 is 0 Å². The van der Waals surface area contributed by atoms with E-state index in [4.69, 9.17) is 5.84 Å². The van der Waals surface area contributed by atoms with Crippen molar-refractivity contribution in [3.05, 3.63) is 12.4 Å². The number of likely N-dealkylation sites (N-methyl/N-ethyl adjacent to an activating group) is 1. The first-order valence-electron chi connectivity index (χ1n) is 5.89. The number of amides is 1. The molecule has 1 rings (SSSR count). The molecule has 0 saturated carbocycles. The first kappa shape index (κ1) is 14.2. The Bertz CT molecular complexity index is 395. The molecule has 7 nitrogen and oxygen atoms in total. The summed E-state index contributed by atoms with van der Waals surface area (Å²) in [4.78, 5) is 21.8. The first-order chi connectivity index (χ1) is 8.56. The molecule has 18 heavy (non-hydrogen) atoms. The molecule has 1 heterocycles. The van der Waals surface area contributed by atoms with Crippen molar-refractivity contribution in [2.45, 2.75) is 26.8 Å². The largest absolute Gasteiger partial charge is 0.352 e. The van der Waals surface area contributed by atoms with Crippen LogP contribution < -0.4 is 21.5 Å². The lowest BCUT2D eigenvalue weighted by Crippen LogP contribution is -2.40. The highest BCUT2D eigenvalue weighted by Crippen LogP contribution is 2.11. The van der Waals surface area contributed by atoms with Crippen molar-refractivity contribution >= 4 is 17.5 Å². The molecule has 0 radical (unpaired) electrons. The molecule has 1 aromatic rings. The predicted molar refractivity (Wildman–Crippen MR) is 71.0 cm³/mol. The van der Waals surface area contributed by atoms with Crippen LogP contribution in [0.2, 0.25) is 0 Å². The van der Waals surface area contributed by atoms with Gasteiger partial charge in [0.25, 0.3) is 0 Å². The van der Waals surface area contributed by atoms with Crippen LogP contribution in [0.25, 0.3) is 0 Å². The molecule has 0 spiro atoms. The van der Waals surface area contributed by atoms with Crippen molar-refractivity contribution in [2.75, 3.05) is 23.4 Å². The fraction of sp³-hybridized carbons (Fsp3) is 0.545. The van der Waals surface area contributed by atoms with Crippen LogP contribution in [0.15, 0.2) is 12.4 Å². The van der Waals surface area contributed by atoms with Crippen LogP contribution in [0, 0.1) is 0 Å². The van der Waals surface area contributed by atoms with Crippen molar-refractivity contribution in [3.63, 3.8) is 0 Å². The van der Waals surface area contributed by atoms with E-state index in [1.165, 1.54) is 6.20 Å². The SMILES string of the molecule is CCN(CC(=O)NC(C)C)c1cncc(NN)n1. The number of hydrogen-bond acceptors (Lipinski definition) is 6. The topological polar surface area (TPSA) is 96.2 Å². The number of hydrogen-bond donors (Lipinski definition) is 3. The molecule has 0 aliphatic carbocycles. The predicted octanol–water partition coefficient (Wildman–Crippen LogP) is 0.113. The molecule has 0 aromatic carbocycles. The number of nitrogens with one attached hydrogen (secondary N) is 2. The molecule has 0 aliphatic heterocycles. The zero-order chi connectivity index (χ0) is 13.5. The second-order valence-electron chi connectivity index (χ2n) is 4.14. The van der Waals surface area contributed by atoms with Gasteiger partial charge in [0.2, 0.25) is 5.91 Å². The summed E-state index contributed by atoms with van der Waals surface area (Å²) in [6, 6.07) is 0.124. The fourth-order valence-corrected chi connectivity index (χ4v) is 1.47. The quantitative estimate of drug-likeness (QED) is 0.491. The maximum Gasteiger partial charge on any atom is 0.239 e. The molecule has 0 saturated heterocycles. The summed E-state index contributed by atoms with van der Waals surface area (Å²) in [5, 5.41) is 2.84. The van der Waals surface area contributed by atoms with Crippen molar-refractivity contribution in [1.29, 1.82) is 0 Å². The molecule has 100 valence electrons. The van der Waals surface area contributed by atoms with Crippen LogP contribution in [0.3, 0.4) is 0 Å². The molecule has 1 amide bonds. The lowest BCUT2D eigenvalue weighted by Gasteiger charge is -2.22. The third-order valence-corrected chi connectivity index (χ3v) is 2.26. The second kappa shape index (κ2) is 6.75. The molecule has 0 atom stereocenters. The fourth-order valence-electron chi connectivity index (χ4n) is 1.47. The maximum absolute atomic E-state index is 11.7. The number of hydrazine groups is 1. The van der Waals surface area contributed by atoms with Gasteiger partial charge in [0.15, 0.2) is 5.82 Å². The van der Waals surface area contributed by atoms with Gasteiger partial charge in [-0.1, -0.05) is 0 Å². The minimum Gasteiger partial charge on any atom is -0.352 e. The minimum absolute atomic E-state index is 0.0419. The lowest BCUT2D eigenvalue weighted by atomic mass is 10.3. The standard InChI is InChI=1S/C11H20N6O/c1-4-17(7-11(18)14-8(2)3)10-6-13-5-9(15-10)16-12/h5-6,8H,4,7,12H2,1-3H3,(H,14,18)(H,15,16). The number of nitrogens with two attached hydrogens (primary N) is 1. The average Bonchev–Trinajstić information content (AvgIpc) is 2.35. The monoisotopic (exact) mass is 252 g/mol. The van der Waals surface area contributed by atoms with E-state index in [1.807, 2.05) is 25.7 Å². The van der Waals surface area contributed by atoms with Gasteiger partial charge in [-0.3, -0.25) is 9.78 Å². The average molecular weight is 252 g/mol. The van der Waals surface area contributed by atoms with Crippen LogP contribution in [-0.4, -0.2) is 35.0 Å². The Morgan fingerprint density at radius 3 is 2.78 bits per heavy atom. The Hall–Kier alpha value is -1.89. The maximum atomic E-state index is 11.7. The highest BCUT2D eigenvalue weighted by Gasteiger charge is 2.12. The molecule has 0 fully saturated rings. The number of nitrogens with zero attached hydrogens (tertiary/aromatic N) is 3. The van der Waals surface area contributed by atoms with Gasteiger partial charge in [0.1, 0.15) is 5.82 Å². The molecule has 1 aromatic heterocycles. The lowest BCUT2D eigenvalue weighted by molar-refractivity contribution is -0.120. The zero-order valence-electron chi connectivity index (χ0n) is 11.0. The van der Waals surface area contributed by atoms with Gasteiger partial charge in [-0.05, 0) is 20.8 Å². The van der Waals surface area contributed by atoms with Crippen molar-refractivity contribution in [1.82, 2.24) is 15.3 Å². The van der Waals surface area contributed by atoms with E-state index in [0.29, 0.717) is 18.2 Å². The number of nitrogen functional groups attached to an aromatic ring is 1. The van der Waals surface area contributed by atoms with E-state index in [2.05, 4.69) is 20.7 Å². The smallest absolute Gasteiger partial charge is 0.239 e. The Morgan fingerprint density at radius 1 is 1.50 bits per heavy atom. The Balaban J connectivity index is 2.73. The minimum atomic E-state index is -0.0419. The van der Waals surface area contributed by atoms with Crippen LogP contribution in [0.1, 0.15) is 20.8 Å². The summed E-state index contributed by atoms with van der Waals surface area (Å²) in [7, 11) is 0. The molecule has 0 bridgehead atoms. The summed E-state index contributed by atoms with van der Waals surface area (Å²) in [5.74, 6) is 6.32. The van der Waals surface area contributed by atoms with Gasteiger partial charge in [-0.2, -0.15) is 0 Å². The third kappa shape index (κ3) is 4.17. The molecular weight excluding hydrogens is 232 g/mol. The van der Waals surface area contributed by atoms with Gasteiger partial charge in [-0.25, -0.2) is 10.8 Å². The molecule has 4 N–H and O–H groups in total. The number of anilines is 2. The number of aromatic nitrogens is 2. The number of carbonyl (C=O) groups excluding carboxylic acids is 1. The first-order valence-corrected chi connectivity index (χ1v) is 5.89. The van der Waals surface area contributed by atoms with Gasteiger partial charge in [0.05, 0.1) is 18.9 Å². The van der Waals surface area contributed by atoms with Crippen LogP contribution in [0.4, 0.5) is 11.6 Å². The van der Waals surface area contributed by atoms with Gasteiger partial charge in [-0.15, -0.1) is 0 Å². The Morgan fingerprint density at radius 2 is 2.22 bits per heavy atom. The van der Waals surface area contributed by atoms with E-state index >= 15 is 0 Å². The Labute approximate surface area is 107 Å². The van der Waals surface area contributed by atoms with E-state index < -0.39 is 0 Å². The van der Waals surface area contributed by atoms with Crippen molar-refractivity contribution in [3.8, 4) is 0 Å². The van der Waals surface area contributed by atoms with Crippen LogP contribution in [-0.2, 0) is 4.79 Å². The molecule has 0 unspecified atom stereocenters. The van der Waals surface area contributed by atoms with Gasteiger partial charge in [0, 0.05) is 12.6 Å². The summed E-state index contributed by atoms with van der Waals surface area (Å²) in [5.41, 5.74) is 2.43. The summed E-state index contributed by atoms with van der Waals surface area (Å²) in [6.07, 6.45) is 3.12. The molecule has 7 heteroatoms. The zero-order valence-corrected chi connectivity index (χ0v) is 11.0. The van der Waals surface area contributed by atoms with E-state index in [0.717, 1.165) is 0 Å². The summed E-state index contributed by atoms with van der Waals surface area (Å²) in [6.45, 7) is 6.71. The third-order valence-electron chi connectivity index (χ3n) is 2.26. The van der Waals surface area contributed by atoms with E-state index in [1.54, 1.807) is 6.20 Å². The second-order valence-corrected chi connectivity index (χ2v) is 4.14. The highest BCUT2D eigenvalue weighted by molar-refractivity contribution is 5.81. The van der Waals surface area contributed by atoms with Gasteiger partial charge < -0.3 is 15.6 Å². The normalized spacial score (nSPS) is 10.3. The Kier molecular flexibility index (Phi) is 5.31. The van der Waals surface area contributed by atoms with E-state index in [-0.39, 0.29) is 18.5 Å². The van der Waals surface area contributed by atoms with Crippen molar-refractivity contribution < 1.29 is 4.79 Å². The number of carbonyl (C=O) groups is 1. The van der Waals surface area contributed by atoms with Gasteiger partial charge >= 0.3 is 0 Å². The van der Waals surface area contributed by atoms with Crippen LogP contribution in [0.5, 0.6) is 0 Å². The molecule has 0 aliphatic rings. The molecular formula is C11H20N6O. The summed E-state index contributed by atoms with van der Waals surface area (Å²) < 4.78 is 0. The number of rotatable bonds is 6. The van der Waals surface area contributed by atoms with Crippen molar-refractivity contribution in [2.24, 2.45) is 5.84 Å². The van der Waals surface area contributed by atoms with E-state index in [9.17, 15) is 4.79 Å².